The molecule has 2 fully saturated rings. The molecule has 3 amide bonds. The molecule has 1 atom stereocenters. The quantitative estimate of drug-likeness (QED) is 0.623. The number of nitrogens with one attached hydrogen (secondary N) is 3. The monoisotopic (exact) mass is 409 g/mol. The van der Waals surface area contributed by atoms with E-state index < -0.39 is 22.1 Å². The number of quaternary nitrogens is 1. The van der Waals surface area contributed by atoms with Crippen molar-refractivity contribution in [3.8, 4) is 0 Å². The molecule has 1 heterocycles. The van der Waals surface area contributed by atoms with E-state index in [0.717, 1.165) is 30.6 Å². The van der Waals surface area contributed by atoms with Crippen molar-refractivity contribution in [1.82, 2.24) is 14.9 Å². The van der Waals surface area contributed by atoms with Crippen molar-refractivity contribution in [2.45, 2.75) is 49.6 Å². The van der Waals surface area contributed by atoms with Gasteiger partial charge in [-0.05, 0) is 31.9 Å². The summed E-state index contributed by atoms with van der Waals surface area (Å²) in [6, 6.07) is 7.67. The van der Waals surface area contributed by atoms with E-state index in [-0.39, 0.29) is 16.8 Å². The van der Waals surface area contributed by atoms with Crippen LogP contribution >= 0.6 is 0 Å². The minimum absolute atomic E-state index is 0.155. The van der Waals surface area contributed by atoms with Gasteiger partial charge in [0.05, 0.1) is 31.1 Å². The zero-order valence-corrected chi connectivity index (χ0v) is 17.0. The van der Waals surface area contributed by atoms with E-state index in [1.807, 2.05) is 0 Å². The summed E-state index contributed by atoms with van der Waals surface area (Å²) in [4.78, 5) is 25.7. The lowest BCUT2D eigenvalue weighted by molar-refractivity contribution is -0.917. The maximum absolute atomic E-state index is 12.7. The fourth-order valence-electron chi connectivity index (χ4n) is 3.89. The highest BCUT2D eigenvalue weighted by Gasteiger charge is 2.35. The summed E-state index contributed by atoms with van der Waals surface area (Å²) in [5.41, 5.74) is 0. The third-order valence-electron chi connectivity index (χ3n) is 5.68. The summed E-state index contributed by atoms with van der Waals surface area (Å²) >= 11 is 0. The van der Waals surface area contributed by atoms with Gasteiger partial charge >= 0.3 is 6.03 Å². The second kappa shape index (κ2) is 9.02. The van der Waals surface area contributed by atoms with E-state index >= 15 is 0 Å². The Morgan fingerprint density at radius 3 is 2.32 bits per heavy atom. The van der Waals surface area contributed by atoms with Crippen molar-refractivity contribution < 1.29 is 22.9 Å². The van der Waals surface area contributed by atoms with Crippen LogP contribution in [0.5, 0.6) is 0 Å². The third kappa shape index (κ3) is 4.89. The summed E-state index contributed by atoms with van der Waals surface area (Å²) in [5.74, 6) is -0.329. The van der Waals surface area contributed by atoms with E-state index in [1.165, 1.54) is 4.31 Å². The molecule has 0 unspecified atom stereocenters. The number of imide groups is 1. The Labute approximate surface area is 166 Å². The molecule has 154 valence electrons. The number of nitrogens with zero attached hydrogens (tertiary/aromatic N) is 1. The topological polar surface area (TPSA) is 100 Å². The number of benzene rings is 1. The minimum Gasteiger partial charge on any atom is -0.335 e. The minimum atomic E-state index is -3.51. The maximum Gasteiger partial charge on any atom is 0.321 e. The second-order valence-electron chi connectivity index (χ2n) is 7.54. The molecular weight excluding hydrogens is 380 g/mol. The standard InChI is InChI=1S/C19H28N4O4S/c1-15(18(24)21-19(25)20-16-7-5-6-8-16)22-11-13-23(14-12-22)28(26,27)17-9-3-2-4-10-17/h2-4,9-10,15-16H,5-8,11-14H2,1H3,(H2,20,21,24,25)/p+1/t15-/m1/s1. The van der Waals surface area contributed by atoms with Crippen molar-refractivity contribution in [2.24, 2.45) is 0 Å². The summed E-state index contributed by atoms with van der Waals surface area (Å²) in [6.07, 6.45) is 4.13. The highest BCUT2D eigenvalue weighted by Crippen LogP contribution is 2.17. The Morgan fingerprint density at radius 1 is 1.11 bits per heavy atom. The first-order chi connectivity index (χ1) is 13.4. The van der Waals surface area contributed by atoms with Crippen LogP contribution in [0.3, 0.4) is 0 Å². The third-order valence-corrected chi connectivity index (χ3v) is 7.59. The number of hydrogen-bond acceptors (Lipinski definition) is 4. The lowest BCUT2D eigenvalue weighted by Gasteiger charge is -2.34. The SMILES string of the molecule is C[C@H](C(=O)NC(=O)NC1CCCC1)[NH+]1CCN(S(=O)(=O)c2ccccc2)CC1. The van der Waals surface area contributed by atoms with Crippen molar-refractivity contribution in [2.75, 3.05) is 26.2 Å². The highest BCUT2D eigenvalue weighted by atomic mass is 32.2. The molecule has 8 nitrogen and oxygen atoms in total. The Bertz CT molecular complexity index is 785. The smallest absolute Gasteiger partial charge is 0.321 e. The molecule has 0 radical (unpaired) electrons. The van der Waals surface area contributed by atoms with Crippen LogP contribution in [0.1, 0.15) is 32.6 Å². The van der Waals surface area contributed by atoms with Gasteiger partial charge in [0.2, 0.25) is 10.0 Å². The zero-order chi connectivity index (χ0) is 20.1. The van der Waals surface area contributed by atoms with Crippen LogP contribution in [0.15, 0.2) is 35.2 Å². The van der Waals surface area contributed by atoms with Crippen LogP contribution in [0.4, 0.5) is 4.79 Å². The van der Waals surface area contributed by atoms with Gasteiger partial charge in [-0.15, -0.1) is 0 Å². The van der Waals surface area contributed by atoms with Crippen LogP contribution < -0.4 is 15.5 Å². The van der Waals surface area contributed by atoms with Gasteiger partial charge in [0.15, 0.2) is 6.04 Å². The maximum atomic E-state index is 12.7. The molecule has 0 bridgehead atoms. The Morgan fingerprint density at radius 2 is 1.71 bits per heavy atom. The number of hydrogen-bond donors (Lipinski definition) is 3. The van der Waals surface area contributed by atoms with Gasteiger partial charge in [0.1, 0.15) is 0 Å². The molecule has 28 heavy (non-hydrogen) atoms. The zero-order valence-electron chi connectivity index (χ0n) is 16.2. The summed E-state index contributed by atoms with van der Waals surface area (Å²) < 4.78 is 26.8. The molecule has 9 heteroatoms. The molecule has 3 rings (SSSR count). The van der Waals surface area contributed by atoms with Gasteiger partial charge < -0.3 is 10.2 Å². The molecule has 0 spiro atoms. The van der Waals surface area contributed by atoms with E-state index in [4.69, 9.17) is 0 Å². The van der Waals surface area contributed by atoms with Gasteiger partial charge in [-0.2, -0.15) is 4.31 Å². The van der Waals surface area contributed by atoms with E-state index in [9.17, 15) is 18.0 Å². The van der Waals surface area contributed by atoms with Crippen molar-refractivity contribution in [3.05, 3.63) is 30.3 Å². The first-order valence-corrected chi connectivity index (χ1v) is 11.3. The van der Waals surface area contributed by atoms with E-state index in [1.54, 1.807) is 37.3 Å². The number of sulfonamides is 1. The summed E-state index contributed by atoms with van der Waals surface area (Å²) in [6.45, 7) is 3.50. The van der Waals surface area contributed by atoms with Gasteiger partial charge in [-0.3, -0.25) is 10.1 Å². The molecule has 1 aliphatic heterocycles. The molecule has 3 N–H and O–H groups in total. The Hall–Kier alpha value is -1.97. The lowest BCUT2D eigenvalue weighted by Crippen LogP contribution is -3.19. The highest BCUT2D eigenvalue weighted by molar-refractivity contribution is 7.89. The van der Waals surface area contributed by atoms with Gasteiger partial charge in [-0.1, -0.05) is 31.0 Å². The first kappa shape index (κ1) is 20.8. The largest absolute Gasteiger partial charge is 0.335 e. The normalized spacial score (nSPS) is 20.6. The Balaban J connectivity index is 1.49. The average Bonchev–Trinajstić information content (AvgIpc) is 3.21. The van der Waals surface area contributed by atoms with Crippen molar-refractivity contribution >= 4 is 22.0 Å². The molecule has 1 aromatic carbocycles. The predicted molar refractivity (Wildman–Crippen MR) is 104 cm³/mol. The molecule has 1 saturated carbocycles. The van der Waals surface area contributed by atoms with Gasteiger partial charge in [0, 0.05) is 6.04 Å². The van der Waals surface area contributed by atoms with E-state index in [0.29, 0.717) is 26.2 Å². The van der Waals surface area contributed by atoms with Crippen LogP contribution in [0.2, 0.25) is 0 Å². The fourth-order valence-corrected chi connectivity index (χ4v) is 5.35. The second-order valence-corrected chi connectivity index (χ2v) is 9.48. The lowest BCUT2D eigenvalue weighted by atomic mass is 10.2. The number of urea groups is 1. The van der Waals surface area contributed by atoms with Crippen LogP contribution in [-0.2, 0) is 14.8 Å². The van der Waals surface area contributed by atoms with E-state index in [2.05, 4.69) is 10.6 Å². The first-order valence-electron chi connectivity index (χ1n) is 9.89. The molecule has 2 aliphatic rings. The number of carbonyl (C=O) groups is 2. The summed E-state index contributed by atoms with van der Waals surface area (Å²) in [7, 11) is -3.51. The van der Waals surface area contributed by atoms with Crippen LogP contribution in [0.25, 0.3) is 0 Å². The van der Waals surface area contributed by atoms with Gasteiger partial charge in [-0.25, -0.2) is 13.2 Å². The molecule has 1 aromatic rings. The number of carbonyl (C=O) groups excluding carboxylic acids is 2. The molecular formula is C19H29N4O4S+. The predicted octanol–water partition coefficient (Wildman–Crippen LogP) is -0.267. The number of amides is 3. The van der Waals surface area contributed by atoms with Crippen LogP contribution in [-0.4, -0.2) is 62.9 Å². The number of rotatable bonds is 5. The average molecular weight is 410 g/mol. The fraction of sp³-hybridized carbons (Fsp3) is 0.579. The molecule has 0 aromatic heterocycles. The number of piperazine rings is 1. The summed E-state index contributed by atoms with van der Waals surface area (Å²) in [5, 5.41) is 5.27. The van der Waals surface area contributed by atoms with Gasteiger partial charge in [0.25, 0.3) is 5.91 Å². The molecule has 1 aliphatic carbocycles. The van der Waals surface area contributed by atoms with Crippen LogP contribution in [0, 0.1) is 0 Å². The van der Waals surface area contributed by atoms with Crippen molar-refractivity contribution in [3.63, 3.8) is 0 Å². The Kier molecular flexibility index (Phi) is 6.69. The molecule has 1 saturated heterocycles. The van der Waals surface area contributed by atoms with Crippen molar-refractivity contribution in [1.29, 1.82) is 0 Å².